The van der Waals surface area contributed by atoms with E-state index < -0.39 is 0 Å². The van der Waals surface area contributed by atoms with Crippen LogP contribution in [0.2, 0.25) is 0 Å². The van der Waals surface area contributed by atoms with Gasteiger partial charge in [0.1, 0.15) is 23.9 Å². The Balaban J connectivity index is 1.34. The van der Waals surface area contributed by atoms with Gasteiger partial charge in [-0.2, -0.15) is 0 Å². The molecule has 0 saturated heterocycles. The number of para-hydroxylation sites is 2. The lowest BCUT2D eigenvalue weighted by Crippen LogP contribution is -2.07. The average molecular weight is 479 g/mol. The van der Waals surface area contributed by atoms with Crippen molar-refractivity contribution in [3.8, 4) is 11.5 Å². The van der Waals surface area contributed by atoms with E-state index in [-0.39, 0.29) is 0 Å². The molecule has 1 aromatic heterocycles. The van der Waals surface area contributed by atoms with Crippen LogP contribution >= 0.6 is 0 Å². The predicted molar refractivity (Wildman–Crippen MR) is 147 cm³/mol. The van der Waals surface area contributed by atoms with Gasteiger partial charge < -0.3 is 14.0 Å². The third kappa shape index (κ3) is 9.58. The molecule has 0 unspecified atom stereocenters. The molecule has 0 amide bonds. The zero-order chi connectivity index (χ0) is 24.6. The zero-order valence-corrected chi connectivity index (χ0v) is 22.1. The molecule has 0 atom stereocenters. The molecule has 0 aliphatic rings. The maximum atomic E-state index is 6.05. The van der Waals surface area contributed by atoms with E-state index in [1.165, 1.54) is 95.4 Å². The van der Waals surface area contributed by atoms with Crippen molar-refractivity contribution in [2.75, 3.05) is 7.11 Å². The summed E-state index contributed by atoms with van der Waals surface area (Å²) in [6.07, 6.45) is 19.3. The fraction of sp³-hybridized carbons (Fsp3) is 0.581. The summed E-state index contributed by atoms with van der Waals surface area (Å²) < 4.78 is 13.6. The van der Waals surface area contributed by atoms with Crippen LogP contribution in [0.4, 0.5) is 0 Å². The van der Waals surface area contributed by atoms with Crippen molar-refractivity contribution in [1.82, 2.24) is 9.55 Å². The number of unbranched alkanes of at least 4 members (excludes halogenated alkanes) is 13. The van der Waals surface area contributed by atoms with Crippen molar-refractivity contribution < 1.29 is 9.47 Å². The van der Waals surface area contributed by atoms with Gasteiger partial charge in [0.15, 0.2) is 0 Å². The second-order valence-corrected chi connectivity index (χ2v) is 9.73. The van der Waals surface area contributed by atoms with Crippen molar-refractivity contribution in [3.05, 3.63) is 54.4 Å². The minimum absolute atomic E-state index is 0.472. The second-order valence-electron chi connectivity index (χ2n) is 9.73. The maximum Gasteiger partial charge on any atom is 0.147 e. The normalized spacial score (nSPS) is 11.3. The van der Waals surface area contributed by atoms with Gasteiger partial charge in [-0.25, -0.2) is 4.98 Å². The van der Waals surface area contributed by atoms with Crippen LogP contribution < -0.4 is 9.47 Å². The quantitative estimate of drug-likeness (QED) is 0.161. The summed E-state index contributed by atoms with van der Waals surface area (Å²) in [5.41, 5.74) is 2.25. The molecule has 0 radical (unpaired) electrons. The average Bonchev–Trinajstić information content (AvgIpc) is 3.25. The number of rotatable bonds is 19. The maximum absolute atomic E-state index is 6.05. The number of nitrogens with zero attached hydrogens (tertiary/aromatic N) is 2. The molecular weight excluding hydrogens is 432 g/mol. The Bertz CT molecular complexity index is 948. The molecule has 35 heavy (non-hydrogen) atoms. The molecule has 0 N–H and O–H groups in total. The van der Waals surface area contributed by atoms with Crippen LogP contribution in [-0.4, -0.2) is 16.7 Å². The first kappa shape index (κ1) is 27.1. The molecule has 0 aliphatic carbocycles. The summed E-state index contributed by atoms with van der Waals surface area (Å²) in [4.78, 5) is 4.86. The van der Waals surface area contributed by atoms with Gasteiger partial charge in [0, 0.05) is 6.54 Å². The van der Waals surface area contributed by atoms with Crippen LogP contribution in [0.5, 0.6) is 11.5 Å². The Kier molecular flexibility index (Phi) is 12.6. The topological polar surface area (TPSA) is 36.3 Å². The minimum atomic E-state index is 0.472. The standard InChI is InChI=1S/C31H46N2O2/c1-3-4-5-6-7-8-9-10-11-12-13-14-15-18-25-33-30-20-17-16-19-29(30)32-31(33)26-35-28-23-21-27(34-2)22-24-28/h16-17,19-24H,3-15,18,25-26H2,1-2H3. The molecule has 1 heterocycles. The summed E-state index contributed by atoms with van der Waals surface area (Å²) in [6, 6.07) is 16.1. The molecule has 0 fully saturated rings. The van der Waals surface area contributed by atoms with Gasteiger partial charge in [-0.3, -0.25) is 0 Å². The van der Waals surface area contributed by atoms with Gasteiger partial charge in [0.05, 0.1) is 18.1 Å². The smallest absolute Gasteiger partial charge is 0.147 e. The van der Waals surface area contributed by atoms with E-state index in [9.17, 15) is 0 Å². The molecule has 0 spiro atoms. The van der Waals surface area contributed by atoms with Gasteiger partial charge in [0.25, 0.3) is 0 Å². The summed E-state index contributed by atoms with van der Waals surface area (Å²) >= 11 is 0. The molecule has 4 nitrogen and oxygen atoms in total. The molecule has 3 aromatic rings. The monoisotopic (exact) mass is 478 g/mol. The lowest BCUT2D eigenvalue weighted by atomic mass is 10.0. The number of hydrogen-bond donors (Lipinski definition) is 0. The SMILES string of the molecule is CCCCCCCCCCCCCCCCn1c(COc2ccc(OC)cc2)nc2ccccc21. The summed E-state index contributed by atoms with van der Waals surface area (Å²) in [5, 5.41) is 0. The lowest BCUT2D eigenvalue weighted by Gasteiger charge is -2.11. The fourth-order valence-corrected chi connectivity index (χ4v) is 4.77. The van der Waals surface area contributed by atoms with E-state index >= 15 is 0 Å². The van der Waals surface area contributed by atoms with E-state index in [1.807, 2.05) is 24.3 Å². The third-order valence-electron chi connectivity index (χ3n) is 6.90. The minimum Gasteiger partial charge on any atom is -0.497 e. The Labute approximate surface area is 213 Å². The number of aryl methyl sites for hydroxylation is 1. The number of methoxy groups -OCH3 is 1. The van der Waals surface area contributed by atoms with Crippen molar-refractivity contribution in [2.24, 2.45) is 0 Å². The van der Waals surface area contributed by atoms with E-state index in [0.717, 1.165) is 29.4 Å². The first-order valence-corrected chi connectivity index (χ1v) is 14.0. The zero-order valence-electron chi connectivity index (χ0n) is 22.1. The van der Waals surface area contributed by atoms with Crippen molar-refractivity contribution in [3.63, 3.8) is 0 Å². The van der Waals surface area contributed by atoms with Crippen LogP contribution in [0, 0.1) is 0 Å². The largest absolute Gasteiger partial charge is 0.497 e. The first-order chi connectivity index (χ1) is 17.3. The van der Waals surface area contributed by atoms with Crippen molar-refractivity contribution in [2.45, 2.75) is 110 Å². The van der Waals surface area contributed by atoms with Gasteiger partial charge in [-0.05, 0) is 42.8 Å². The second kappa shape index (κ2) is 16.2. The highest BCUT2D eigenvalue weighted by Crippen LogP contribution is 2.21. The summed E-state index contributed by atoms with van der Waals surface area (Å²) in [7, 11) is 1.68. The molecule has 0 bridgehead atoms. The Morgan fingerprint density at radius 1 is 0.657 bits per heavy atom. The Morgan fingerprint density at radius 3 is 1.80 bits per heavy atom. The molecule has 4 heteroatoms. The number of fused-ring (bicyclic) bond motifs is 1. The Hall–Kier alpha value is -2.49. The van der Waals surface area contributed by atoms with Gasteiger partial charge in [0.2, 0.25) is 0 Å². The number of aromatic nitrogens is 2. The lowest BCUT2D eigenvalue weighted by molar-refractivity contribution is 0.289. The molecule has 3 rings (SSSR count). The number of ether oxygens (including phenoxy) is 2. The van der Waals surface area contributed by atoms with Crippen LogP contribution in [0.3, 0.4) is 0 Å². The number of imidazole rings is 1. The van der Waals surface area contributed by atoms with Crippen LogP contribution in [-0.2, 0) is 13.2 Å². The van der Waals surface area contributed by atoms with Crippen LogP contribution in [0.25, 0.3) is 11.0 Å². The van der Waals surface area contributed by atoms with Crippen LogP contribution in [0.1, 0.15) is 103 Å². The van der Waals surface area contributed by atoms with Gasteiger partial charge in [-0.1, -0.05) is 103 Å². The molecule has 192 valence electrons. The third-order valence-corrected chi connectivity index (χ3v) is 6.90. The Morgan fingerprint density at radius 2 is 1.20 bits per heavy atom. The van der Waals surface area contributed by atoms with Crippen molar-refractivity contribution >= 4 is 11.0 Å². The highest BCUT2D eigenvalue weighted by atomic mass is 16.5. The van der Waals surface area contributed by atoms with E-state index in [4.69, 9.17) is 14.5 Å². The van der Waals surface area contributed by atoms with Crippen LogP contribution in [0.15, 0.2) is 48.5 Å². The summed E-state index contributed by atoms with van der Waals surface area (Å²) in [5.74, 6) is 2.67. The van der Waals surface area contributed by atoms with Gasteiger partial charge in [-0.15, -0.1) is 0 Å². The molecule has 0 saturated carbocycles. The van der Waals surface area contributed by atoms with E-state index in [2.05, 4.69) is 35.8 Å². The molecule has 0 aliphatic heterocycles. The van der Waals surface area contributed by atoms with Gasteiger partial charge >= 0.3 is 0 Å². The predicted octanol–water partition coefficient (Wildman–Crippen LogP) is 9.11. The van der Waals surface area contributed by atoms with E-state index in [0.29, 0.717) is 6.61 Å². The molecular formula is C31H46N2O2. The highest BCUT2D eigenvalue weighted by Gasteiger charge is 2.11. The fourth-order valence-electron chi connectivity index (χ4n) is 4.77. The number of hydrogen-bond acceptors (Lipinski definition) is 3. The number of benzene rings is 2. The highest BCUT2D eigenvalue weighted by molar-refractivity contribution is 5.75. The first-order valence-electron chi connectivity index (χ1n) is 14.0. The van der Waals surface area contributed by atoms with Crippen molar-refractivity contribution in [1.29, 1.82) is 0 Å². The molecule has 2 aromatic carbocycles. The summed E-state index contributed by atoms with van der Waals surface area (Å²) in [6.45, 7) is 3.76. The van der Waals surface area contributed by atoms with E-state index in [1.54, 1.807) is 7.11 Å².